The number of hydrogen-bond donors (Lipinski definition) is 2. The van der Waals surface area contributed by atoms with Crippen LogP contribution in [0.4, 0.5) is 0 Å². The Bertz CT molecular complexity index is 349. The molecule has 0 radical (unpaired) electrons. The summed E-state index contributed by atoms with van der Waals surface area (Å²) in [5, 5.41) is 5.89. The Morgan fingerprint density at radius 3 is 2.61 bits per heavy atom. The fraction of sp³-hybridized carbons (Fsp3) is 0.500. The number of ether oxygens (including phenoxy) is 1. The second-order valence-electron chi connectivity index (χ2n) is 4.26. The maximum atomic E-state index is 11.4. The first-order valence-electron chi connectivity index (χ1n) is 6.24. The lowest BCUT2D eigenvalue weighted by molar-refractivity contribution is -0.120. The lowest BCUT2D eigenvalue weighted by Gasteiger charge is -2.06. The highest BCUT2D eigenvalue weighted by molar-refractivity contribution is 5.77. The lowest BCUT2D eigenvalue weighted by Crippen LogP contribution is -2.36. The number of rotatable bonds is 8. The number of carbonyl (C=O) groups is 1. The molecule has 0 aliphatic rings. The van der Waals surface area contributed by atoms with Gasteiger partial charge in [-0.25, -0.2) is 0 Å². The second-order valence-corrected chi connectivity index (χ2v) is 4.26. The molecule has 1 aromatic rings. The third kappa shape index (κ3) is 6.37. The van der Waals surface area contributed by atoms with Gasteiger partial charge in [-0.15, -0.1) is 0 Å². The number of hydrogen-bond acceptors (Lipinski definition) is 3. The Morgan fingerprint density at radius 1 is 1.22 bits per heavy atom. The van der Waals surface area contributed by atoms with Crippen molar-refractivity contribution >= 4 is 5.91 Å². The highest BCUT2D eigenvalue weighted by Gasteiger charge is 1.99. The van der Waals surface area contributed by atoms with Crippen LogP contribution in [0.5, 0.6) is 0 Å². The first kappa shape index (κ1) is 14.7. The number of benzene rings is 1. The third-order valence-electron chi connectivity index (χ3n) is 2.62. The van der Waals surface area contributed by atoms with Crippen molar-refractivity contribution < 1.29 is 9.53 Å². The molecular weight excluding hydrogens is 228 g/mol. The van der Waals surface area contributed by atoms with Crippen molar-refractivity contribution in [2.75, 3.05) is 33.4 Å². The van der Waals surface area contributed by atoms with Gasteiger partial charge in [-0.2, -0.15) is 0 Å². The Hall–Kier alpha value is -1.39. The third-order valence-corrected chi connectivity index (χ3v) is 2.62. The summed E-state index contributed by atoms with van der Waals surface area (Å²) in [4.78, 5) is 11.4. The van der Waals surface area contributed by atoms with Crippen LogP contribution in [0.25, 0.3) is 0 Å². The summed E-state index contributed by atoms with van der Waals surface area (Å²) in [6, 6.07) is 8.36. The van der Waals surface area contributed by atoms with Crippen LogP contribution in [0.1, 0.15) is 11.1 Å². The van der Waals surface area contributed by atoms with Crippen molar-refractivity contribution in [3.8, 4) is 0 Å². The molecule has 0 aromatic heterocycles. The van der Waals surface area contributed by atoms with Gasteiger partial charge in [0.1, 0.15) is 0 Å². The van der Waals surface area contributed by atoms with Gasteiger partial charge in [-0.05, 0) is 18.9 Å². The van der Waals surface area contributed by atoms with Crippen LogP contribution in [-0.2, 0) is 16.0 Å². The summed E-state index contributed by atoms with van der Waals surface area (Å²) in [6.45, 7) is 4.40. The van der Waals surface area contributed by atoms with Gasteiger partial charge in [0.2, 0.25) is 5.91 Å². The van der Waals surface area contributed by atoms with E-state index >= 15 is 0 Å². The van der Waals surface area contributed by atoms with Crippen LogP contribution in [-0.4, -0.2) is 39.3 Å². The molecule has 0 aliphatic carbocycles. The molecule has 4 heteroatoms. The van der Waals surface area contributed by atoms with Crippen molar-refractivity contribution in [2.45, 2.75) is 13.3 Å². The van der Waals surface area contributed by atoms with Crippen molar-refractivity contribution in [1.29, 1.82) is 0 Å². The van der Waals surface area contributed by atoms with Crippen LogP contribution in [0.15, 0.2) is 24.3 Å². The molecule has 0 saturated heterocycles. The maximum Gasteiger partial charge on any atom is 0.233 e. The highest BCUT2D eigenvalue weighted by Crippen LogP contribution is 2.02. The quantitative estimate of drug-likeness (QED) is 0.674. The van der Waals surface area contributed by atoms with Crippen molar-refractivity contribution in [3.05, 3.63) is 35.4 Å². The van der Waals surface area contributed by atoms with Gasteiger partial charge in [0, 0.05) is 20.2 Å². The van der Waals surface area contributed by atoms with Gasteiger partial charge in [-0.3, -0.25) is 4.79 Å². The van der Waals surface area contributed by atoms with E-state index in [2.05, 4.69) is 41.8 Å². The number of methoxy groups -OCH3 is 1. The smallest absolute Gasteiger partial charge is 0.233 e. The van der Waals surface area contributed by atoms with Crippen molar-refractivity contribution in [3.63, 3.8) is 0 Å². The average molecular weight is 250 g/mol. The summed E-state index contributed by atoms with van der Waals surface area (Å²) in [5.74, 6) is 0.0261. The molecule has 0 spiro atoms. The largest absolute Gasteiger partial charge is 0.383 e. The van der Waals surface area contributed by atoms with E-state index in [1.807, 2.05) is 0 Å². The molecule has 0 aliphatic heterocycles. The van der Waals surface area contributed by atoms with E-state index in [4.69, 9.17) is 4.74 Å². The zero-order valence-electron chi connectivity index (χ0n) is 11.2. The van der Waals surface area contributed by atoms with Crippen LogP contribution in [0.3, 0.4) is 0 Å². The minimum absolute atomic E-state index is 0.0261. The molecule has 0 fully saturated rings. The standard InChI is InChI=1S/C14H22N2O2/c1-12-3-5-13(6-4-12)7-8-16-14(17)11-15-9-10-18-2/h3-6,15H,7-11H2,1-2H3,(H,16,17). The van der Waals surface area contributed by atoms with E-state index in [9.17, 15) is 4.79 Å². The molecular formula is C14H22N2O2. The van der Waals surface area contributed by atoms with Crippen LogP contribution >= 0.6 is 0 Å². The fourth-order valence-corrected chi connectivity index (χ4v) is 1.54. The van der Waals surface area contributed by atoms with Gasteiger partial charge >= 0.3 is 0 Å². The fourth-order valence-electron chi connectivity index (χ4n) is 1.54. The van der Waals surface area contributed by atoms with Gasteiger partial charge in [0.25, 0.3) is 0 Å². The minimum atomic E-state index is 0.0261. The lowest BCUT2D eigenvalue weighted by atomic mass is 10.1. The summed E-state index contributed by atoms with van der Waals surface area (Å²) in [5.41, 5.74) is 2.50. The second kappa shape index (κ2) is 8.66. The molecule has 2 N–H and O–H groups in total. The molecule has 0 atom stereocenters. The van der Waals surface area contributed by atoms with E-state index < -0.39 is 0 Å². The number of carbonyl (C=O) groups excluding carboxylic acids is 1. The van der Waals surface area contributed by atoms with Crippen LogP contribution in [0.2, 0.25) is 0 Å². The molecule has 0 saturated carbocycles. The zero-order valence-corrected chi connectivity index (χ0v) is 11.2. The van der Waals surface area contributed by atoms with E-state index in [1.165, 1.54) is 11.1 Å². The Balaban J connectivity index is 2.10. The van der Waals surface area contributed by atoms with Crippen LogP contribution < -0.4 is 10.6 Å². The number of aryl methyl sites for hydroxylation is 1. The number of nitrogens with one attached hydrogen (secondary N) is 2. The topological polar surface area (TPSA) is 50.4 Å². The maximum absolute atomic E-state index is 11.4. The van der Waals surface area contributed by atoms with Gasteiger partial charge in [-0.1, -0.05) is 29.8 Å². The Kier molecular flexibility index (Phi) is 7.06. The summed E-state index contributed by atoms with van der Waals surface area (Å²) >= 11 is 0. The SMILES string of the molecule is COCCNCC(=O)NCCc1ccc(C)cc1. The normalized spacial score (nSPS) is 10.3. The van der Waals surface area contributed by atoms with Gasteiger partial charge < -0.3 is 15.4 Å². The van der Waals surface area contributed by atoms with Crippen molar-refractivity contribution in [2.24, 2.45) is 0 Å². The molecule has 0 unspecified atom stereocenters. The first-order valence-corrected chi connectivity index (χ1v) is 6.24. The van der Waals surface area contributed by atoms with Crippen LogP contribution in [0, 0.1) is 6.92 Å². The molecule has 1 amide bonds. The highest BCUT2D eigenvalue weighted by atomic mass is 16.5. The molecule has 1 aromatic carbocycles. The molecule has 100 valence electrons. The van der Waals surface area contributed by atoms with E-state index in [0.717, 1.165) is 6.42 Å². The predicted molar refractivity (Wildman–Crippen MR) is 72.6 cm³/mol. The van der Waals surface area contributed by atoms with E-state index in [1.54, 1.807) is 7.11 Å². The minimum Gasteiger partial charge on any atom is -0.383 e. The predicted octanol–water partition coefficient (Wildman–Crippen LogP) is 0.890. The molecule has 0 bridgehead atoms. The van der Waals surface area contributed by atoms with Gasteiger partial charge in [0.05, 0.1) is 13.2 Å². The van der Waals surface area contributed by atoms with Gasteiger partial charge in [0.15, 0.2) is 0 Å². The molecule has 18 heavy (non-hydrogen) atoms. The molecule has 4 nitrogen and oxygen atoms in total. The molecule has 0 heterocycles. The Morgan fingerprint density at radius 2 is 1.94 bits per heavy atom. The summed E-state index contributed by atoms with van der Waals surface area (Å²) < 4.78 is 4.88. The molecule has 1 rings (SSSR count). The zero-order chi connectivity index (χ0) is 13.2. The number of amides is 1. The monoisotopic (exact) mass is 250 g/mol. The van der Waals surface area contributed by atoms with E-state index in [0.29, 0.717) is 26.2 Å². The van der Waals surface area contributed by atoms with E-state index in [-0.39, 0.29) is 5.91 Å². The van der Waals surface area contributed by atoms with Crippen molar-refractivity contribution in [1.82, 2.24) is 10.6 Å². The average Bonchev–Trinajstić information content (AvgIpc) is 2.37. The Labute approximate surface area is 109 Å². The first-order chi connectivity index (χ1) is 8.72. The summed E-state index contributed by atoms with van der Waals surface area (Å²) in [6.07, 6.45) is 0.865. The summed E-state index contributed by atoms with van der Waals surface area (Å²) in [7, 11) is 1.64.